The van der Waals surface area contributed by atoms with Gasteiger partial charge < -0.3 is 15.2 Å². The Morgan fingerprint density at radius 2 is 2.25 bits per heavy atom. The number of aromatic nitrogens is 2. The van der Waals surface area contributed by atoms with E-state index in [0.717, 1.165) is 0 Å². The summed E-state index contributed by atoms with van der Waals surface area (Å²) in [4.78, 5) is 19.0. The number of carbonyl (C=O) groups is 1. The van der Waals surface area contributed by atoms with Crippen molar-refractivity contribution in [3.63, 3.8) is 0 Å². The van der Waals surface area contributed by atoms with Crippen LogP contribution in [0, 0.1) is 0 Å². The van der Waals surface area contributed by atoms with Crippen LogP contribution >= 0.6 is 0 Å². The smallest absolute Gasteiger partial charge is 0.254 e. The molecule has 0 radical (unpaired) electrons. The first kappa shape index (κ1) is 12.5. The molecule has 0 bridgehead atoms. The number of nitrogens with one attached hydrogen (secondary N) is 1. The molecule has 16 heavy (non-hydrogen) atoms. The minimum atomic E-state index is -0.558. The Morgan fingerprint density at radius 3 is 2.88 bits per heavy atom. The number of methoxy groups -OCH3 is 1. The van der Waals surface area contributed by atoms with Gasteiger partial charge in [-0.3, -0.25) is 4.79 Å². The molecule has 1 unspecified atom stereocenters. The number of ether oxygens (including phenoxy) is 1. The first-order valence-electron chi connectivity index (χ1n) is 4.94. The van der Waals surface area contributed by atoms with Crippen LogP contribution in [-0.4, -0.2) is 47.3 Å². The summed E-state index contributed by atoms with van der Waals surface area (Å²) in [7, 11) is 1.52. The summed E-state index contributed by atoms with van der Waals surface area (Å²) in [5, 5.41) is 12.0. The first-order chi connectivity index (χ1) is 7.74. The van der Waals surface area contributed by atoms with Crippen LogP contribution < -0.4 is 5.32 Å². The van der Waals surface area contributed by atoms with Crippen LogP contribution in [0.1, 0.15) is 16.8 Å². The molecule has 0 saturated heterocycles. The van der Waals surface area contributed by atoms with Gasteiger partial charge in [0.1, 0.15) is 6.33 Å². The van der Waals surface area contributed by atoms with Crippen LogP contribution in [0.2, 0.25) is 0 Å². The second-order valence-electron chi connectivity index (χ2n) is 3.28. The molecular weight excluding hydrogens is 210 g/mol. The van der Waals surface area contributed by atoms with E-state index in [1.807, 2.05) is 0 Å². The molecule has 1 atom stereocenters. The summed E-state index contributed by atoms with van der Waals surface area (Å²) in [6, 6.07) is 0. The molecule has 0 aromatic carbocycles. The van der Waals surface area contributed by atoms with Gasteiger partial charge in [0.25, 0.3) is 5.91 Å². The highest BCUT2D eigenvalue weighted by Crippen LogP contribution is 1.94. The Labute approximate surface area is 93.7 Å². The van der Waals surface area contributed by atoms with Gasteiger partial charge in [-0.1, -0.05) is 0 Å². The third-order valence-corrected chi connectivity index (χ3v) is 1.94. The molecule has 0 spiro atoms. The van der Waals surface area contributed by atoms with E-state index in [2.05, 4.69) is 15.3 Å². The van der Waals surface area contributed by atoms with Crippen molar-refractivity contribution in [3.8, 4) is 0 Å². The van der Waals surface area contributed by atoms with E-state index >= 15 is 0 Å². The number of aliphatic hydroxyl groups is 1. The van der Waals surface area contributed by atoms with Crippen molar-refractivity contribution in [1.82, 2.24) is 15.3 Å². The van der Waals surface area contributed by atoms with Crippen LogP contribution in [0.15, 0.2) is 18.7 Å². The molecule has 2 N–H and O–H groups in total. The van der Waals surface area contributed by atoms with Gasteiger partial charge in [0.05, 0.1) is 18.3 Å². The molecule has 6 heteroatoms. The van der Waals surface area contributed by atoms with Crippen molar-refractivity contribution < 1.29 is 14.6 Å². The summed E-state index contributed by atoms with van der Waals surface area (Å²) in [5.41, 5.74) is 0.406. The summed E-state index contributed by atoms with van der Waals surface area (Å²) >= 11 is 0. The zero-order valence-corrected chi connectivity index (χ0v) is 9.09. The summed E-state index contributed by atoms with van der Waals surface area (Å²) < 4.78 is 4.76. The normalized spacial score (nSPS) is 12.1. The van der Waals surface area contributed by atoms with Crippen molar-refractivity contribution in [2.45, 2.75) is 12.5 Å². The molecule has 1 amide bonds. The molecule has 0 fully saturated rings. The molecule has 0 aliphatic carbocycles. The predicted octanol–water partition coefficient (Wildman–Crippen LogP) is -0.396. The molecule has 0 saturated carbocycles. The van der Waals surface area contributed by atoms with Crippen molar-refractivity contribution >= 4 is 5.91 Å². The number of amides is 1. The second-order valence-corrected chi connectivity index (χ2v) is 3.28. The van der Waals surface area contributed by atoms with Gasteiger partial charge in [0.15, 0.2) is 0 Å². The second kappa shape index (κ2) is 6.86. The number of aliphatic hydroxyl groups excluding tert-OH is 1. The fourth-order valence-electron chi connectivity index (χ4n) is 1.15. The fraction of sp³-hybridized carbons (Fsp3) is 0.500. The van der Waals surface area contributed by atoms with Crippen LogP contribution in [0.5, 0.6) is 0 Å². The monoisotopic (exact) mass is 225 g/mol. The van der Waals surface area contributed by atoms with Crippen molar-refractivity contribution in [3.05, 3.63) is 24.3 Å². The Bertz CT molecular complexity index is 318. The molecule has 6 nitrogen and oxygen atoms in total. The van der Waals surface area contributed by atoms with Gasteiger partial charge in [-0.15, -0.1) is 0 Å². The van der Waals surface area contributed by atoms with E-state index in [1.165, 1.54) is 25.8 Å². The highest BCUT2D eigenvalue weighted by Gasteiger charge is 2.07. The third-order valence-electron chi connectivity index (χ3n) is 1.94. The lowest BCUT2D eigenvalue weighted by Gasteiger charge is -2.09. The van der Waals surface area contributed by atoms with Gasteiger partial charge in [0, 0.05) is 26.0 Å². The molecule has 1 aromatic rings. The Hall–Kier alpha value is -1.53. The van der Waals surface area contributed by atoms with Crippen LogP contribution in [0.3, 0.4) is 0 Å². The maximum Gasteiger partial charge on any atom is 0.254 e. The van der Waals surface area contributed by atoms with Gasteiger partial charge in [0.2, 0.25) is 0 Å². The lowest BCUT2D eigenvalue weighted by Crippen LogP contribution is -2.28. The van der Waals surface area contributed by atoms with Gasteiger partial charge >= 0.3 is 0 Å². The molecule has 1 rings (SSSR count). The maximum absolute atomic E-state index is 11.5. The number of hydrogen-bond acceptors (Lipinski definition) is 5. The minimum absolute atomic E-state index is 0.245. The van der Waals surface area contributed by atoms with E-state index in [-0.39, 0.29) is 12.5 Å². The van der Waals surface area contributed by atoms with Crippen LogP contribution in [-0.2, 0) is 4.74 Å². The van der Waals surface area contributed by atoms with Crippen LogP contribution in [0.25, 0.3) is 0 Å². The van der Waals surface area contributed by atoms with E-state index in [4.69, 9.17) is 4.74 Å². The Morgan fingerprint density at radius 1 is 1.56 bits per heavy atom. The topological polar surface area (TPSA) is 84.3 Å². The Balaban J connectivity index is 2.26. The predicted molar refractivity (Wildman–Crippen MR) is 56.9 cm³/mol. The van der Waals surface area contributed by atoms with Gasteiger partial charge in [-0.25, -0.2) is 9.97 Å². The number of carbonyl (C=O) groups excluding carboxylic acids is 1. The van der Waals surface area contributed by atoms with Crippen molar-refractivity contribution in [1.29, 1.82) is 0 Å². The van der Waals surface area contributed by atoms with E-state index in [9.17, 15) is 9.90 Å². The largest absolute Gasteiger partial charge is 0.391 e. The molecule has 0 aliphatic heterocycles. The SMILES string of the molecule is COCC(O)CCNC(=O)c1cncnc1. The fourth-order valence-corrected chi connectivity index (χ4v) is 1.15. The zero-order chi connectivity index (χ0) is 11.8. The summed E-state index contributed by atoms with van der Waals surface area (Å²) in [6.07, 6.45) is 4.13. The number of hydrogen-bond donors (Lipinski definition) is 2. The number of rotatable bonds is 6. The van der Waals surface area contributed by atoms with E-state index in [1.54, 1.807) is 0 Å². The standard InChI is InChI=1S/C10H15N3O3/c1-16-6-9(14)2-3-13-10(15)8-4-11-7-12-5-8/h4-5,7,9,14H,2-3,6H2,1H3,(H,13,15). The van der Waals surface area contributed by atoms with E-state index in [0.29, 0.717) is 18.5 Å². The van der Waals surface area contributed by atoms with Gasteiger partial charge in [-0.05, 0) is 6.42 Å². The maximum atomic E-state index is 11.5. The van der Waals surface area contributed by atoms with E-state index < -0.39 is 6.10 Å². The quantitative estimate of drug-likeness (QED) is 0.688. The molecule has 1 aromatic heterocycles. The average Bonchev–Trinajstić information content (AvgIpc) is 2.30. The lowest BCUT2D eigenvalue weighted by atomic mass is 10.2. The summed E-state index contributed by atoms with van der Waals surface area (Å²) in [6.45, 7) is 0.655. The van der Waals surface area contributed by atoms with Crippen molar-refractivity contribution in [2.75, 3.05) is 20.3 Å². The summed E-state index contributed by atoms with van der Waals surface area (Å²) in [5.74, 6) is -0.245. The molecule has 0 aliphatic rings. The average molecular weight is 225 g/mol. The number of nitrogens with zero attached hydrogens (tertiary/aromatic N) is 2. The first-order valence-corrected chi connectivity index (χ1v) is 4.94. The molecule has 88 valence electrons. The van der Waals surface area contributed by atoms with Crippen molar-refractivity contribution in [2.24, 2.45) is 0 Å². The minimum Gasteiger partial charge on any atom is -0.391 e. The highest BCUT2D eigenvalue weighted by atomic mass is 16.5. The zero-order valence-electron chi connectivity index (χ0n) is 9.09. The highest BCUT2D eigenvalue weighted by molar-refractivity contribution is 5.93. The van der Waals surface area contributed by atoms with Crippen LogP contribution in [0.4, 0.5) is 0 Å². The third kappa shape index (κ3) is 4.33. The lowest BCUT2D eigenvalue weighted by molar-refractivity contribution is 0.0587. The Kier molecular flexibility index (Phi) is 5.38. The van der Waals surface area contributed by atoms with Gasteiger partial charge in [-0.2, -0.15) is 0 Å². The molecular formula is C10H15N3O3. The molecule has 1 heterocycles.